The van der Waals surface area contributed by atoms with Crippen molar-refractivity contribution in [2.45, 2.75) is 30.7 Å². The van der Waals surface area contributed by atoms with Gasteiger partial charge in [-0.15, -0.1) is 0 Å². The van der Waals surface area contributed by atoms with Gasteiger partial charge in [-0.25, -0.2) is 4.79 Å². The molecule has 0 bridgehead atoms. The number of aliphatic hydroxyl groups excluding tert-OH is 2. The maximum atomic E-state index is 12.1. The number of benzene rings is 1. The molecule has 0 aliphatic heterocycles. The van der Waals surface area contributed by atoms with Crippen molar-refractivity contribution < 1.29 is 34.8 Å². The summed E-state index contributed by atoms with van der Waals surface area (Å²) in [4.78, 5) is 23.5. The van der Waals surface area contributed by atoms with Crippen molar-refractivity contribution in [3.63, 3.8) is 0 Å². The molecule has 0 unspecified atom stereocenters. The second-order valence-electron chi connectivity index (χ2n) is 5.45. The number of hydrogen-bond acceptors (Lipinski definition) is 6. The van der Waals surface area contributed by atoms with E-state index in [-0.39, 0.29) is 6.42 Å². The van der Waals surface area contributed by atoms with E-state index < -0.39 is 41.9 Å². The third-order valence-electron chi connectivity index (χ3n) is 4.07. The largest absolute Gasteiger partial charge is 0.497 e. The van der Waals surface area contributed by atoms with Gasteiger partial charge in [-0.05, 0) is 24.1 Å². The monoisotopic (exact) mass is 310 g/mol. The van der Waals surface area contributed by atoms with E-state index in [0.717, 1.165) is 0 Å². The van der Waals surface area contributed by atoms with Crippen molar-refractivity contribution >= 4 is 11.8 Å². The van der Waals surface area contributed by atoms with E-state index in [4.69, 9.17) is 4.74 Å². The average Bonchev–Trinajstić information content (AvgIpc) is 2.50. The normalized spacial score (nSPS) is 31.8. The molecule has 0 saturated heterocycles. The Morgan fingerprint density at radius 1 is 1.32 bits per heavy atom. The number of aliphatic carboxylic acids is 1. The lowest BCUT2D eigenvalue weighted by atomic mass is 9.69. The van der Waals surface area contributed by atoms with E-state index in [1.54, 1.807) is 24.3 Å². The van der Waals surface area contributed by atoms with Gasteiger partial charge in [0.25, 0.3) is 0 Å². The standard InChI is InChI=1S/C15H18O7/c1-22-9-4-2-8(3-5-9)6-10-12(17)13(18)11(16)7-15(10,21)14(19)20/h2-5,10-11,13,16,18,21H,6-7H2,1H3,(H,19,20)/t10-,11+,13-,15+/m0/s1. The minimum absolute atomic E-state index is 0.0601. The van der Waals surface area contributed by atoms with Gasteiger partial charge in [-0.3, -0.25) is 4.79 Å². The quantitative estimate of drug-likeness (QED) is 0.583. The summed E-state index contributed by atoms with van der Waals surface area (Å²) in [6.07, 6.45) is -3.95. The van der Waals surface area contributed by atoms with E-state index in [1.807, 2.05) is 0 Å². The van der Waals surface area contributed by atoms with Crippen LogP contribution in [-0.4, -0.2) is 57.1 Å². The van der Waals surface area contributed by atoms with E-state index >= 15 is 0 Å². The van der Waals surface area contributed by atoms with Crippen LogP contribution in [0.4, 0.5) is 0 Å². The Bertz CT molecular complexity index is 568. The number of carbonyl (C=O) groups is 2. The van der Waals surface area contributed by atoms with Gasteiger partial charge in [0.05, 0.1) is 19.1 Å². The molecular formula is C15H18O7. The summed E-state index contributed by atoms with van der Waals surface area (Å²) < 4.78 is 5.01. The van der Waals surface area contributed by atoms with Gasteiger partial charge in [-0.2, -0.15) is 0 Å². The first kappa shape index (κ1) is 16.4. The first-order valence-electron chi connectivity index (χ1n) is 6.78. The lowest BCUT2D eigenvalue weighted by Gasteiger charge is -2.39. The zero-order valence-corrected chi connectivity index (χ0v) is 12.0. The molecule has 7 nitrogen and oxygen atoms in total. The number of aliphatic hydroxyl groups is 3. The van der Waals surface area contributed by atoms with Crippen LogP contribution < -0.4 is 4.74 Å². The number of carbonyl (C=O) groups excluding carboxylic acids is 1. The second-order valence-corrected chi connectivity index (χ2v) is 5.45. The highest BCUT2D eigenvalue weighted by Gasteiger charge is 2.55. The number of hydrogen-bond donors (Lipinski definition) is 4. The number of Topliss-reactive ketones (excluding diaryl/α,β-unsaturated/α-hetero) is 1. The summed E-state index contributed by atoms with van der Waals surface area (Å²) >= 11 is 0. The average molecular weight is 310 g/mol. The van der Waals surface area contributed by atoms with Crippen LogP contribution in [0.1, 0.15) is 12.0 Å². The minimum atomic E-state index is -2.41. The molecular weight excluding hydrogens is 292 g/mol. The summed E-state index contributed by atoms with van der Waals surface area (Å²) in [6.45, 7) is 0. The van der Waals surface area contributed by atoms with E-state index in [1.165, 1.54) is 7.11 Å². The van der Waals surface area contributed by atoms with Gasteiger partial charge >= 0.3 is 5.97 Å². The van der Waals surface area contributed by atoms with E-state index in [9.17, 15) is 30.0 Å². The summed E-state index contributed by atoms with van der Waals surface area (Å²) in [7, 11) is 1.50. The SMILES string of the molecule is COc1ccc(C[C@H]2C(=O)[C@@H](O)[C@H](O)C[C@]2(O)C(=O)O)cc1. The highest BCUT2D eigenvalue weighted by atomic mass is 16.5. The highest BCUT2D eigenvalue weighted by molar-refractivity contribution is 5.94. The Balaban J connectivity index is 2.30. The third kappa shape index (κ3) is 2.83. The number of methoxy groups -OCH3 is 1. The van der Waals surface area contributed by atoms with Gasteiger partial charge < -0.3 is 25.2 Å². The van der Waals surface area contributed by atoms with Gasteiger partial charge in [0.15, 0.2) is 11.4 Å². The molecule has 1 saturated carbocycles. The van der Waals surface area contributed by atoms with Crippen molar-refractivity contribution in [3.8, 4) is 5.75 Å². The highest BCUT2D eigenvalue weighted by Crippen LogP contribution is 2.35. The summed E-state index contributed by atoms with van der Waals surface area (Å²) in [5.74, 6) is -3.20. The number of carboxylic acid groups (broad SMARTS) is 1. The lowest BCUT2D eigenvalue weighted by Crippen LogP contribution is -2.61. The number of ketones is 1. The molecule has 0 aromatic heterocycles. The number of ether oxygens (including phenoxy) is 1. The first-order valence-corrected chi connectivity index (χ1v) is 6.78. The third-order valence-corrected chi connectivity index (χ3v) is 4.07. The van der Waals surface area contributed by atoms with Crippen molar-refractivity contribution in [2.24, 2.45) is 5.92 Å². The maximum Gasteiger partial charge on any atom is 0.336 e. The molecule has 0 spiro atoms. The van der Waals surface area contributed by atoms with Crippen LogP contribution in [0.5, 0.6) is 5.75 Å². The van der Waals surface area contributed by atoms with Crippen LogP contribution >= 0.6 is 0 Å². The molecule has 2 rings (SSSR count). The number of rotatable bonds is 4. The van der Waals surface area contributed by atoms with Crippen molar-refractivity contribution in [1.82, 2.24) is 0 Å². The minimum Gasteiger partial charge on any atom is -0.497 e. The zero-order chi connectivity index (χ0) is 16.5. The Kier molecular flexibility index (Phi) is 4.50. The fourth-order valence-corrected chi connectivity index (χ4v) is 2.71. The fraction of sp³-hybridized carbons (Fsp3) is 0.467. The summed E-state index contributed by atoms with van der Waals surface area (Å²) in [6, 6.07) is 6.58. The second kappa shape index (κ2) is 6.04. The van der Waals surface area contributed by atoms with E-state index in [2.05, 4.69) is 0 Å². The van der Waals surface area contributed by atoms with Crippen molar-refractivity contribution in [2.75, 3.05) is 7.11 Å². The van der Waals surface area contributed by atoms with Gasteiger partial charge in [0.1, 0.15) is 11.9 Å². The molecule has 1 fully saturated rings. The van der Waals surface area contributed by atoms with Crippen LogP contribution in [0.15, 0.2) is 24.3 Å². The maximum absolute atomic E-state index is 12.1. The molecule has 1 aromatic rings. The molecule has 0 amide bonds. The predicted octanol–water partition coefficient (Wildman–Crippen LogP) is -0.636. The van der Waals surface area contributed by atoms with E-state index in [0.29, 0.717) is 11.3 Å². The van der Waals surface area contributed by atoms with Crippen molar-refractivity contribution in [3.05, 3.63) is 29.8 Å². The smallest absolute Gasteiger partial charge is 0.336 e. The molecule has 7 heteroatoms. The van der Waals surface area contributed by atoms with Crippen LogP contribution in [0.3, 0.4) is 0 Å². The van der Waals surface area contributed by atoms with Crippen LogP contribution in [0.2, 0.25) is 0 Å². The molecule has 0 radical (unpaired) electrons. The predicted molar refractivity (Wildman–Crippen MR) is 74.4 cm³/mol. The Labute approximate surface area is 126 Å². The number of carboxylic acids is 1. The van der Waals surface area contributed by atoms with Crippen molar-refractivity contribution in [1.29, 1.82) is 0 Å². The molecule has 22 heavy (non-hydrogen) atoms. The Morgan fingerprint density at radius 2 is 1.91 bits per heavy atom. The van der Waals surface area contributed by atoms with Gasteiger partial charge in [-0.1, -0.05) is 12.1 Å². The fourth-order valence-electron chi connectivity index (χ4n) is 2.71. The van der Waals surface area contributed by atoms with Gasteiger partial charge in [0.2, 0.25) is 0 Å². The Morgan fingerprint density at radius 3 is 2.41 bits per heavy atom. The first-order chi connectivity index (χ1) is 10.3. The van der Waals surface area contributed by atoms with Crippen LogP contribution in [0, 0.1) is 5.92 Å². The summed E-state index contributed by atoms with van der Waals surface area (Å²) in [5.41, 5.74) is -1.79. The topological polar surface area (TPSA) is 124 Å². The molecule has 1 aliphatic carbocycles. The van der Waals surface area contributed by atoms with Crippen LogP contribution in [-0.2, 0) is 16.0 Å². The lowest BCUT2D eigenvalue weighted by molar-refractivity contribution is -0.187. The zero-order valence-electron chi connectivity index (χ0n) is 12.0. The van der Waals surface area contributed by atoms with Gasteiger partial charge in [0, 0.05) is 6.42 Å². The molecule has 1 aliphatic rings. The molecule has 1 aromatic carbocycles. The Hall–Kier alpha value is -1.96. The molecule has 4 N–H and O–H groups in total. The molecule has 4 atom stereocenters. The summed E-state index contributed by atoms with van der Waals surface area (Å²) in [5, 5.41) is 38.8. The molecule has 120 valence electrons. The van der Waals surface area contributed by atoms with Crippen LogP contribution in [0.25, 0.3) is 0 Å². The molecule has 0 heterocycles.